The minimum Gasteiger partial charge on any atom is -0.481 e. The topological polar surface area (TPSA) is 51.2 Å². The smallest absolute Gasteiger partial charge is 0.227 e. The van der Waals surface area contributed by atoms with Gasteiger partial charge < -0.3 is 10.1 Å². The van der Waals surface area contributed by atoms with Gasteiger partial charge in [0.05, 0.1) is 12.6 Å². The lowest BCUT2D eigenvalue weighted by Gasteiger charge is -2.06. The summed E-state index contributed by atoms with van der Waals surface area (Å²) in [4.78, 5) is 16.0. The zero-order valence-electron chi connectivity index (χ0n) is 10.1. The number of aromatic nitrogens is 1. The van der Waals surface area contributed by atoms with Crippen LogP contribution in [-0.2, 0) is 4.79 Å². The first-order valence-electron chi connectivity index (χ1n) is 6.02. The first-order valence-corrected chi connectivity index (χ1v) is 6.02. The number of rotatable bonds is 3. The molecule has 0 atom stereocenters. The van der Waals surface area contributed by atoms with E-state index in [4.69, 9.17) is 4.74 Å². The molecule has 1 saturated carbocycles. The van der Waals surface area contributed by atoms with Crippen LogP contribution in [-0.4, -0.2) is 18.0 Å². The van der Waals surface area contributed by atoms with Crippen LogP contribution in [0.5, 0.6) is 5.88 Å². The van der Waals surface area contributed by atoms with Crippen LogP contribution < -0.4 is 10.1 Å². The van der Waals surface area contributed by atoms with Crippen LogP contribution in [0.3, 0.4) is 0 Å². The molecule has 3 rings (SSSR count). The van der Waals surface area contributed by atoms with Gasteiger partial charge in [0.25, 0.3) is 0 Å². The number of hydrogen-bond donors (Lipinski definition) is 1. The van der Waals surface area contributed by atoms with E-state index in [1.807, 2.05) is 30.3 Å². The summed E-state index contributed by atoms with van der Waals surface area (Å²) in [5.74, 6) is 0.933. The molecule has 1 aliphatic rings. The molecule has 0 radical (unpaired) electrons. The number of carbonyl (C=O) groups is 1. The van der Waals surface area contributed by atoms with Crippen molar-refractivity contribution in [3.63, 3.8) is 0 Å². The van der Waals surface area contributed by atoms with Crippen molar-refractivity contribution < 1.29 is 9.53 Å². The van der Waals surface area contributed by atoms with Gasteiger partial charge in [0, 0.05) is 23.1 Å². The third kappa shape index (κ3) is 2.14. The fraction of sp³-hybridized carbons (Fsp3) is 0.286. The van der Waals surface area contributed by atoms with Crippen molar-refractivity contribution in [2.45, 2.75) is 12.8 Å². The average Bonchev–Trinajstić information content (AvgIpc) is 3.22. The van der Waals surface area contributed by atoms with Gasteiger partial charge in [-0.2, -0.15) is 0 Å². The Bertz CT molecular complexity index is 606. The van der Waals surface area contributed by atoms with E-state index < -0.39 is 0 Å². The predicted molar refractivity (Wildman–Crippen MR) is 69.6 cm³/mol. The summed E-state index contributed by atoms with van der Waals surface area (Å²) in [6, 6.07) is 9.44. The summed E-state index contributed by atoms with van der Waals surface area (Å²) in [5, 5.41) is 3.92. The summed E-state index contributed by atoms with van der Waals surface area (Å²) in [6.07, 6.45) is 2.02. The number of methoxy groups -OCH3 is 1. The second kappa shape index (κ2) is 4.29. The highest BCUT2D eigenvalue weighted by atomic mass is 16.5. The SMILES string of the molecule is COc1ccc2cc(NC(=O)C3CC3)ccc2n1. The number of benzene rings is 1. The molecule has 18 heavy (non-hydrogen) atoms. The molecule has 0 aliphatic heterocycles. The third-order valence-corrected chi connectivity index (χ3v) is 3.09. The fourth-order valence-electron chi connectivity index (χ4n) is 1.89. The van der Waals surface area contributed by atoms with Gasteiger partial charge >= 0.3 is 0 Å². The molecule has 92 valence electrons. The molecule has 4 heteroatoms. The van der Waals surface area contributed by atoms with E-state index in [-0.39, 0.29) is 11.8 Å². The monoisotopic (exact) mass is 242 g/mol. The van der Waals surface area contributed by atoms with Crippen molar-refractivity contribution in [3.05, 3.63) is 30.3 Å². The molecule has 0 unspecified atom stereocenters. The quantitative estimate of drug-likeness (QED) is 0.900. The first kappa shape index (κ1) is 11.0. The lowest BCUT2D eigenvalue weighted by Crippen LogP contribution is -2.13. The molecule has 1 amide bonds. The largest absolute Gasteiger partial charge is 0.481 e. The van der Waals surface area contributed by atoms with E-state index in [9.17, 15) is 4.79 Å². The number of pyridine rings is 1. The van der Waals surface area contributed by atoms with E-state index >= 15 is 0 Å². The van der Waals surface area contributed by atoms with Crippen molar-refractivity contribution >= 4 is 22.5 Å². The summed E-state index contributed by atoms with van der Waals surface area (Å²) in [6.45, 7) is 0. The van der Waals surface area contributed by atoms with E-state index in [0.29, 0.717) is 5.88 Å². The van der Waals surface area contributed by atoms with Gasteiger partial charge in [-0.1, -0.05) is 0 Å². The Morgan fingerprint density at radius 1 is 1.33 bits per heavy atom. The fourth-order valence-corrected chi connectivity index (χ4v) is 1.89. The highest BCUT2D eigenvalue weighted by molar-refractivity contribution is 5.96. The Kier molecular flexibility index (Phi) is 2.63. The summed E-state index contributed by atoms with van der Waals surface area (Å²) < 4.78 is 5.08. The zero-order valence-corrected chi connectivity index (χ0v) is 10.1. The minimum atomic E-state index is 0.121. The van der Waals surface area contributed by atoms with E-state index in [0.717, 1.165) is 29.4 Å². The van der Waals surface area contributed by atoms with Gasteiger partial charge in [0.1, 0.15) is 0 Å². The molecular formula is C14H14N2O2. The summed E-state index contributed by atoms with van der Waals surface area (Å²) in [7, 11) is 1.60. The molecule has 0 saturated heterocycles. The van der Waals surface area contributed by atoms with Gasteiger partial charge in [-0.05, 0) is 37.1 Å². The molecule has 2 aromatic rings. The molecule has 4 nitrogen and oxygen atoms in total. The van der Waals surface area contributed by atoms with Gasteiger partial charge in [0.15, 0.2) is 0 Å². The summed E-state index contributed by atoms with van der Waals surface area (Å²) in [5.41, 5.74) is 1.69. The maximum Gasteiger partial charge on any atom is 0.227 e. The number of amides is 1. The second-order valence-electron chi connectivity index (χ2n) is 4.52. The normalized spacial score (nSPS) is 14.5. The molecule has 1 aromatic heterocycles. The Morgan fingerprint density at radius 3 is 2.89 bits per heavy atom. The minimum absolute atomic E-state index is 0.121. The van der Waals surface area contributed by atoms with Crippen LogP contribution in [0, 0.1) is 5.92 Å². The van der Waals surface area contributed by atoms with E-state index in [2.05, 4.69) is 10.3 Å². The van der Waals surface area contributed by atoms with Gasteiger partial charge in [-0.3, -0.25) is 4.79 Å². The average molecular weight is 242 g/mol. The molecule has 1 aromatic carbocycles. The van der Waals surface area contributed by atoms with Crippen LogP contribution in [0.4, 0.5) is 5.69 Å². The van der Waals surface area contributed by atoms with Gasteiger partial charge in [0.2, 0.25) is 11.8 Å². The molecule has 1 heterocycles. The lowest BCUT2D eigenvalue weighted by atomic mass is 10.2. The molecule has 1 fully saturated rings. The number of anilines is 1. The standard InChI is InChI=1S/C14H14N2O2/c1-18-13-7-4-10-8-11(5-6-12(10)16-13)15-14(17)9-2-3-9/h4-9H,2-3H2,1H3,(H,15,17). The Balaban J connectivity index is 1.88. The number of carbonyl (C=O) groups excluding carboxylic acids is 1. The number of nitrogens with zero attached hydrogens (tertiary/aromatic N) is 1. The molecule has 1 aliphatic carbocycles. The van der Waals surface area contributed by atoms with Gasteiger partial charge in [-0.25, -0.2) is 4.98 Å². The Hall–Kier alpha value is -2.10. The van der Waals surface area contributed by atoms with Crippen molar-refractivity contribution in [2.75, 3.05) is 12.4 Å². The van der Waals surface area contributed by atoms with Crippen LogP contribution in [0.2, 0.25) is 0 Å². The van der Waals surface area contributed by atoms with Crippen LogP contribution in [0.15, 0.2) is 30.3 Å². The van der Waals surface area contributed by atoms with Crippen LogP contribution in [0.1, 0.15) is 12.8 Å². The Morgan fingerprint density at radius 2 is 2.17 bits per heavy atom. The van der Waals surface area contributed by atoms with Crippen molar-refractivity contribution in [2.24, 2.45) is 5.92 Å². The highest BCUT2D eigenvalue weighted by Gasteiger charge is 2.29. The number of hydrogen-bond acceptors (Lipinski definition) is 3. The number of ether oxygens (including phenoxy) is 1. The molecule has 0 spiro atoms. The predicted octanol–water partition coefficient (Wildman–Crippen LogP) is 2.59. The lowest BCUT2D eigenvalue weighted by molar-refractivity contribution is -0.117. The summed E-state index contributed by atoms with van der Waals surface area (Å²) >= 11 is 0. The van der Waals surface area contributed by atoms with Crippen LogP contribution >= 0.6 is 0 Å². The third-order valence-electron chi connectivity index (χ3n) is 3.09. The Labute approximate surface area is 105 Å². The first-order chi connectivity index (χ1) is 8.76. The second-order valence-corrected chi connectivity index (χ2v) is 4.52. The molecule has 1 N–H and O–H groups in total. The highest BCUT2D eigenvalue weighted by Crippen LogP contribution is 2.30. The van der Waals surface area contributed by atoms with Crippen LogP contribution in [0.25, 0.3) is 10.9 Å². The maximum atomic E-state index is 11.7. The van der Waals surface area contributed by atoms with E-state index in [1.165, 1.54) is 0 Å². The molecule has 0 bridgehead atoms. The maximum absolute atomic E-state index is 11.7. The van der Waals surface area contributed by atoms with Crippen molar-refractivity contribution in [3.8, 4) is 5.88 Å². The zero-order chi connectivity index (χ0) is 12.5. The number of fused-ring (bicyclic) bond motifs is 1. The van der Waals surface area contributed by atoms with E-state index in [1.54, 1.807) is 7.11 Å². The molecular weight excluding hydrogens is 228 g/mol. The number of nitrogens with one attached hydrogen (secondary N) is 1. The van der Waals surface area contributed by atoms with Crippen molar-refractivity contribution in [1.82, 2.24) is 4.98 Å². The van der Waals surface area contributed by atoms with Gasteiger partial charge in [-0.15, -0.1) is 0 Å². The van der Waals surface area contributed by atoms with Crippen molar-refractivity contribution in [1.29, 1.82) is 0 Å².